The van der Waals surface area contributed by atoms with E-state index >= 15 is 0 Å². The van der Waals surface area contributed by atoms with Crippen LogP contribution in [0.3, 0.4) is 0 Å². The molecule has 5 heteroatoms. The van der Waals surface area contributed by atoms with Crippen molar-refractivity contribution in [2.24, 2.45) is 0 Å². The second-order valence-electron chi connectivity index (χ2n) is 0. The van der Waals surface area contributed by atoms with Crippen molar-refractivity contribution in [1.82, 2.24) is 0 Å². The zero-order valence-electron chi connectivity index (χ0n) is 2.35. The Balaban J connectivity index is 0. The topological polar surface area (TPSA) is 0 Å². The van der Waals surface area contributed by atoms with Gasteiger partial charge < -0.3 is 0 Å². The van der Waals surface area contributed by atoms with E-state index in [-0.39, 0.29) is 109 Å². The quantitative estimate of drug-likeness (QED) is 0.248. The van der Waals surface area contributed by atoms with Crippen LogP contribution in [0.5, 0.6) is 0 Å². The molecule has 0 aromatic rings. The first kappa shape index (κ1) is 38.5. The van der Waals surface area contributed by atoms with Crippen LogP contribution in [-0.2, 0) is 58.6 Å². The van der Waals surface area contributed by atoms with Gasteiger partial charge in [-0.3, -0.25) is 0 Å². The predicted molar refractivity (Wildman–Crippen MR) is 19.9 cm³/mol. The number of hydrogen-bond donors (Lipinski definition) is 0. The minimum absolute atomic E-state index is 0. The van der Waals surface area contributed by atoms with Crippen molar-refractivity contribution in [3.05, 3.63) is 0 Å². The Morgan fingerprint density at radius 1 is 1.00 bits per heavy atom. The summed E-state index contributed by atoms with van der Waals surface area (Å²) in [7, 11) is 0. The van der Waals surface area contributed by atoms with Gasteiger partial charge in [0.1, 0.15) is 0 Å². The van der Waals surface area contributed by atoms with E-state index in [1.807, 2.05) is 0 Å². The van der Waals surface area contributed by atoms with Crippen molar-refractivity contribution < 1.29 is 58.6 Å². The molecule has 0 fully saturated rings. The van der Waals surface area contributed by atoms with E-state index in [0.29, 0.717) is 0 Å². The fraction of sp³-hybridized carbons (Fsp3) is 0. The van der Waals surface area contributed by atoms with Gasteiger partial charge in [0.15, 0.2) is 0 Å². The van der Waals surface area contributed by atoms with Crippen molar-refractivity contribution in [3.8, 4) is 0 Å². The summed E-state index contributed by atoms with van der Waals surface area (Å²) in [5.41, 5.74) is 0. The predicted octanol–water partition coefficient (Wildman–Crippen LogP) is -2.38. The van der Waals surface area contributed by atoms with Gasteiger partial charge in [0.25, 0.3) is 0 Å². The van der Waals surface area contributed by atoms with Crippen molar-refractivity contribution in [1.29, 1.82) is 0 Å². The first-order valence-electron chi connectivity index (χ1n) is 0. The van der Waals surface area contributed by atoms with Crippen LogP contribution in [0, 0.1) is 0 Å². The maximum absolute atomic E-state index is 0. The zero-order chi connectivity index (χ0) is 0. The average molecular weight is 702 g/mol. The SMILES string of the molecule is [BiH3].[Cu].[Pd].[Pt].[SbH3]. The van der Waals surface area contributed by atoms with Gasteiger partial charge in [0, 0.05) is 58.6 Å². The van der Waals surface area contributed by atoms with E-state index in [1.54, 1.807) is 0 Å². The van der Waals surface area contributed by atoms with Gasteiger partial charge in [-0.2, -0.15) is 0 Å². The van der Waals surface area contributed by atoms with Gasteiger partial charge in [-0.1, -0.05) is 0 Å². The summed E-state index contributed by atoms with van der Waals surface area (Å²) in [5.74, 6) is 0. The van der Waals surface area contributed by atoms with Crippen molar-refractivity contribution in [2.45, 2.75) is 0 Å². The summed E-state index contributed by atoms with van der Waals surface area (Å²) in [6.07, 6.45) is 0. The molecule has 0 aliphatic rings. The summed E-state index contributed by atoms with van der Waals surface area (Å²) >= 11 is 0. The van der Waals surface area contributed by atoms with Gasteiger partial charge >= 0.3 is 50.6 Å². The molecule has 0 bridgehead atoms. The van der Waals surface area contributed by atoms with Crippen LogP contribution in [0.15, 0.2) is 0 Å². The fourth-order valence-corrected chi connectivity index (χ4v) is 0. The molecule has 47 valence electrons. The molecule has 0 aromatic heterocycles. The molecule has 5 heavy (non-hydrogen) atoms. The van der Waals surface area contributed by atoms with E-state index in [1.165, 1.54) is 0 Å². The average Bonchev–Trinajstić information content (AvgIpc) is 0. The third-order valence-electron chi connectivity index (χ3n) is 0. The first-order valence-corrected chi connectivity index (χ1v) is 0. The molecule has 0 rings (SSSR count). The van der Waals surface area contributed by atoms with Gasteiger partial charge in [0.05, 0.1) is 0 Å². The molecule has 0 atom stereocenters. The molecule has 0 spiro atoms. The Morgan fingerprint density at radius 3 is 1.00 bits per heavy atom. The van der Waals surface area contributed by atoms with Crippen LogP contribution in [-0.4, -0.2) is 50.6 Å². The van der Waals surface area contributed by atoms with Gasteiger partial charge in [0.2, 0.25) is 0 Å². The number of hydrogen-bond acceptors (Lipinski definition) is 0. The van der Waals surface area contributed by atoms with Crippen molar-refractivity contribution in [2.75, 3.05) is 0 Å². The van der Waals surface area contributed by atoms with E-state index in [9.17, 15) is 0 Å². The van der Waals surface area contributed by atoms with Crippen LogP contribution >= 0.6 is 0 Å². The third kappa shape index (κ3) is 18.4. The van der Waals surface area contributed by atoms with E-state index < -0.39 is 0 Å². The normalized spacial score (nSPS) is 0. The molecule has 1 radical (unpaired) electrons. The molecule has 0 N–H and O–H groups in total. The van der Waals surface area contributed by atoms with E-state index in [0.717, 1.165) is 0 Å². The van der Waals surface area contributed by atoms with Crippen LogP contribution in [0.2, 0.25) is 0 Å². The number of rotatable bonds is 0. The van der Waals surface area contributed by atoms with E-state index in [2.05, 4.69) is 0 Å². The molecule has 0 aliphatic heterocycles. The molecule has 0 aliphatic carbocycles. The maximum atomic E-state index is 0. The van der Waals surface area contributed by atoms with Crippen molar-refractivity contribution >= 4 is 50.6 Å². The molecule has 0 amide bonds. The Bertz CT molecular complexity index is 11.6. The minimum atomic E-state index is 0. The Hall–Kier alpha value is 3.57. The Morgan fingerprint density at radius 2 is 1.00 bits per heavy atom. The van der Waals surface area contributed by atoms with Crippen LogP contribution in [0.1, 0.15) is 0 Å². The summed E-state index contributed by atoms with van der Waals surface area (Å²) in [6.45, 7) is 0. The summed E-state index contributed by atoms with van der Waals surface area (Å²) in [5, 5.41) is 0. The molecule has 0 unspecified atom stereocenters. The van der Waals surface area contributed by atoms with Gasteiger partial charge in [-0.15, -0.1) is 0 Å². The van der Waals surface area contributed by atoms with Crippen LogP contribution in [0.4, 0.5) is 0 Å². The Labute approximate surface area is 107 Å². The van der Waals surface area contributed by atoms with Gasteiger partial charge in [-0.05, 0) is 0 Å². The van der Waals surface area contributed by atoms with Crippen LogP contribution < -0.4 is 0 Å². The standard InChI is InChI=1S/Bi.Cu.Pd.Pt.Sb.6H. The molecule has 0 heterocycles. The first-order chi connectivity index (χ1) is 0. The monoisotopic (exact) mass is 700 g/mol. The fourth-order valence-electron chi connectivity index (χ4n) is 0. The second kappa shape index (κ2) is 25.6. The Kier molecular flexibility index (Phi) is 198. The zero-order valence-corrected chi connectivity index (χ0v) is 16.7. The molecular weight excluding hydrogens is 696 g/mol. The molecule has 0 nitrogen and oxygen atoms in total. The second-order valence-corrected chi connectivity index (χ2v) is 0. The summed E-state index contributed by atoms with van der Waals surface area (Å²) in [6, 6.07) is 0. The molecule has 0 saturated heterocycles. The van der Waals surface area contributed by atoms with Crippen molar-refractivity contribution in [3.63, 3.8) is 0 Å². The van der Waals surface area contributed by atoms with Crippen LogP contribution in [0.25, 0.3) is 0 Å². The van der Waals surface area contributed by atoms with E-state index in [4.69, 9.17) is 0 Å². The van der Waals surface area contributed by atoms with Gasteiger partial charge in [-0.25, -0.2) is 0 Å². The molecular formula is H6BiCuPdPtSb. The third-order valence-corrected chi connectivity index (χ3v) is 0. The summed E-state index contributed by atoms with van der Waals surface area (Å²) in [4.78, 5) is 0. The molecule has 0 aromatic carbocycles. The molecule has 0 saturated carbocycles. The summed E-state index contributed by atoms with van der Waals surface area (Å²) < 4.78 is 0.